The van der Waals surface area contributed by atoms with Crippen LogP contribution in [0.2, 0.25) is 0 Å². The highest BCUT2D eigenvalue weighted by Crippen LogP contribution is 2.15. The molecule has 0 amide bonds. The van der Waals surface area contributed by atoms with Gasteiger partial charge in [0, 0.05) is 23.8 Å². The zero-order valence-corrected chi connectivity index (χ0v) is 10.1. The summed E-state index contributed by atoms with van der Waals surface area (Å²) < 4.78 is 25.8. The molecule has 102 valence electrons. The third-order valence-corrected chi connectivity index (χ3v) is 2.38. The molecule has 0 atom stereocenters. The van der Waals surface area contributed by atoms with Crippen LogP contribution in [0.1, 0.15) is 15.9 Å². The Morgan fingerprint density at radius 2 is 1.80 bits per heavy atom. The van der Waals surface area contributed by atoms with Crippen LogP contribution in [0.3, 0.4) is 0 Å². The molecule has 1 N–H and O–H groups in total. The van der Waals surface area contributed by atoms with E-state index in [-0.39, 0.29) is 11.3 Å². The first-order valence-electron chi connectivity index (χ1n) is 5.55. The van der Waals surface area contributed by atoms with E-state index in [0.717, 1.165) is 18.3 Å². The Kier molecular flexibility index (Phi) is 4.05. The van der Waals surface area contributed by atoms with E-state index in [2.05, 4.69) is 5.16 Å². The van der Waals surface area contributed by atoms with E-state index in [1.807, 2.05) is 0 Å². The largest absolute Gasteiger partial charge is 0.478 e. The Balaban J connectivity index is 2.16. The molecule has 0 saturated carbocycles. The second kappa shape index (κ2) is 5.92. The van der Waals surface area contributed by atoms with Crippen molar-refractivity contribution >= 4 is 12.2 Å². The number of aromatic carboxylic acids is 1. The summed E-state index contributed by atoms with van der Waals surface area (Å²) >= 11 is 0. The molecule has 0 spiro atoms. The number of carbonyl (C=O) groups is 1. The smallest absolute Gasteiger partial charge is 0.336 e. The van der Waals surface area contributed by atoms with Gasteiger partial charge in [-0.1, -0.05) is 23.4 Å². The van der Waals surface area contributed by atoms with Crippen molar-refractivity contribution in [2.45, 2.75) is 0 Å². The van der Waals surface area contributed by atoms with Crippen LogP contribution in [0.15, 0.2) is 47.6 Å². The maximum atomic E-state index is 12.9. The van der Waals surface area contributed by atoms with Crippen molar-refractivity contribution in [3.8, 4) is 5.75 Å². The van der Waals surface area contributed by atoms with Crippen LogP contribution in [-0.2, 0) is 0 Å². The van der Waals surface area contributed by atoms with Crippen LogP contribution >= 0.6 is 0 Å². The van der Waals surface area contributed by atoms with Gasteiger partial charge in [-0.15, -0.1) is 0 Å². The summed E-state index contributed by atoms with van der Waals surface area (Å²) in [6, 6.07) is 8.77. The van der Waals surface area contributed by atoms with E-state index >= 15 is 0 Å². The molecule has 0 saturated heterocycles. The second-order valence-corrected chi connectivity index (χ2v) is 3.82. The average molecular weight is 277 g/mol. The molecule has 0 aliphatic carbocycles. The number of hydrogen-bond donors (Lipinski definition) is 1. The molecule has 0 fully saturated rings. The maximum Gasteiger partial charge on any atom is 0.336 e. The van der Waals surface area contributed by atoms with E-state index in [4.69, 9.17) is 9.94 Å². The Morgan fingerprint density at radius 1 is 1.15 bits per heavy atom. The summed E-state index contributed by atoms with van der Waals surface area (Å²) in [5, 5.41) is 12.5. The SMILES string of the molecule is O=C(O)c1ccccc1/C=N/Oc1cc(F)cc(F)c1. The predicted molar refractivity (Wildman–Crippen MR) is 68.0 cm³/mol. The van der Waals surface area contributed by atoms with Gasteiger partial charge in [0.15, 0.2) is 5.75 Å². The lowest BCUT2D eigenvalue weighted by molar-refractivity contribution is 0.0696. The summed E-state index contributed by atoms with van der Waals surface area (Å²) in [6.07, 6.45) is 1.16. The highest BCUT2D eigenvalue weighted by atomic mass is 19.1. The first kappa shape index (κ1) is 13.7. The molecule has 0 heterocycles. The number of rotatable bonds is 4. The summed E-state index contributed by atoms with van der Waals surface area (Å²) in [7, 11) is 0. The maximum absolute atomic E-state index is 12.9. The highest BCUT2D eigenvalue weighted by molar-refractivity contribution is 5.98. The number of halogens is 2. The fourth-order valence-corrected chi connectivity index (χ4v) is 1.53. The van der Waals surface area contributed by atoms with Crippen molar-refractivity contribution in [3.05, 3.63) is 65.2 Å². The lowest BCUT2D eigenvalue weighted by Gasteiger charge is -2.01. The third-order valence-electron chi connectivity index (χ3n) is 2.38. The van der Waals surface area contributed by atoms with Gasteiger partial charge < -0.3 is 9.94 Å². The van der Waals surface area contributed by atoms with E-state index in [1.54, 1.807) is 12.1 Å². The molecule has 2 rings (SSSR count). The average Bonchev–Trinajstić information content (AvgIpc) is 2.38. The fourth-order valence-electron chi connectivity index (χ4n) is 1.53. The number of carboxylic acid groups (broad SMARTS) is 1. The van der Waals surface area contributed by atoms with Crippen molar-refractivity contribution in [1.82, 2.24) is 0 Å². The van der Waals surface area contributed by atoms with Crippen molar-refractivity contribution in [2.75, 3.05) is 0 Å². The fraction of sp³-hybridized carbons (Fsp3) is 0. The van der Waals surface area contributed by atoms with Crippen LogP contribution in [-0.4, -0.2) is 17.3 Å². The minimum absolute atomic E-state index is 0.0465. The molecule has 6 heteroatoms. The third kappa shape index (κ3) is 3.38. The lowest BCUT2D eigenvalue weighted by atomic mass is 10.1. The predicted octanol–water partition coefficient (Wildman–Crippen LogP) is 3.08. The monoisotopic (exact) mass is 277 g/mol. The molecule has 0 radical (unpaired) electrons. The van der Waals surface area contributed by atoms with Crippen molar-refractivity contribution in [2.24, 2.45) is 5.16 Å². The first-order valence-corrected chi connectivity index (χ1v) is 5.55. The molecule has 4 nitrogen and oxygen atoms in total. The first-order chi connectivity index (χ1) is 9.56. The minimum atomic E-state index is -1.11. The molecule has 0 aromatic heterocycles. The zero-order valence-electron chi connectivity index (χ0n) is 10.1. The normalized spacial score (nSPS) is 10.7. The number of oxime groups is 1. The van der Waals surface area contributed by atoms with E-state index in [9.17, 15) is 13.6 Å². The summed E-state index contributed by atoms with van der Waals surface area (Å²) in [5.74, 6) is -2.81. The van der Waals surface area contributed by atoms with E-state index in [0.29, 0.717) is 11.6 Å². The van der Waals surface area contributed by atoms with Crippen LogP contribution in [0.4, 0.5) is 8.78 Å². The van der Waals surface area contributed by atoms with E-state index in [1.165, 1.54) is 12.1 Å². The van der Waals surface area contributed by atoms with Gasteiger partial charge in [-0.2, -0.15) is 0 Å². The number of nitrogens with zero attached hydrogens (tertiary/aromatic N) is 1. The molecule has 0 unspecified atom stereocenters. The van der Waals surface area contributed by atoms with Gasteiger partial charge in [-0.3, -0.25) is 0 Å². The van der Waals surface area contributed by atoms with Crippen molar-refractivity contribution in [3.63, 3.8) is 0 Å². The zero-order chi connectivity index (χ0) is 14.5. The molecular formula is C14H9F2NO3. The lowest BCUT2D eigenvalue weighted by Crippen LogP contribution is -2.01. The summed E-state index contributed by atoms with van der Waals surface area (Å²) in [4.78, 5) is 15.7. The minimum Gasteiger partial charge on any atom is -0.478 e. The molecule has 0 aliphatic heterocycles. The molecule has 2 aromatic rings. The molecule has 20 heavy (non-hydrogen) atoms. The number of carboxylic acids is 1. The molecule has 0 aliphatic rings. The molecular weight excluding hydrogens is 268 g/mol. The van der Waals surface area contributed by atoms with Crippen LogP contribution in [0.5, 0.6) is 5.75 Å². The Hall–Kier alpha value is -2.76. The van der Waals surface area contributed by atoms with Gasteiger partial charge in [-0.05, 0) is 6.07 Å². The van der Waals surface area contributed by atoms with Crippen LogP contribution < -0.4 is 4.84 Å². The molecule has 2 aromatic carbocycles. The topological polar surface area (TPSA) is 58.9 Å². The van der Waals surface area contributed by atoms with Gasteiger partial charge in [0.2, 0.25) is 0 Å². The van der Waals surface area contributed by atoms with Crippen molar-refractivity contribution in [1.29, 1.82) is 0 Å². The number of hydrogen-bond acceptors (Lipinski definition) is 3. The van der Waals surface area contributed by atoms with Crippen LogP contribution in [0.25, 0.3) is 0 Å². The van der Waals surface area contributed by atoms with Gasteiger partial charge >= 0.3 is 5.97 Å². The van der Waals surface area contributed by atoms with Gasteiger partial charge in [0.05, 0.1) is 11.8 Å². The second-order valence-electron chi connectivity index (χ2n) is 3.82. The molecule has 0 bridgehead atoms. The highest BCUT2D eigenvalue weighted by Gasteiger charge is 2.07. The van der Waals surface area contributed by atoms with Gasteiger partial charge in [0.1, 0.15) is 11.6 Å². The number of benzene rings is 2. The standard InChI is InChI=1S/C14H9F2NO3/c15-10-5-11(16)7-12(6-10)20-17-8-9-3-1-2-4-13(9)14(18)19/h1-8H,(H,18,19)/b17-8+. The Bertz CT molecular complexity index is 651. The quantitative estimate of drug-likeness (QED) is 0.690. The van der Waals surface area contributed by atoms with Gasteiger partial charge in [0.25, 0.3) is 0 Å². The van der Waals surface area contributed by atoms with E-state index < -0.39 is 17.6 Å². The van der Waals surface area contributed by atoms with Crippen LogP contribution in [0, 0.1) is 11.6 Å². The van der Waals surface area contributed by atoms with Gasteiger partial charge in [-0.25, -0.2) is 13.6 Å². The Morgan fingerprint density at radius 3 is 2.45 bits per heavy atom. The summed E-state index contributed by atoms with van der Waals surface area (Å²) in [5.41, 5.74) is 0.363. The van der Waals surface area contributed by atoms with Crippen molar-refractivity contribution < 1.29 is 23.5 Å². The Labute approximate surface area is 112 Å². The summed E-state index contributed by atoms with van der Waals surface area (Å²) in [6.45, 7) is 0.